The summed E-state index contributed by atoms with van der Waals surface area (Å²) < 4.78 is 40.6. The molecule has 0 aliphatic rings. The molecule has 2 aromatic carbocycles. The van der Waals surface area contributed by atoms with Gasteiger partial charge in [-0.3, -0.25) is 0 Å². The van der Waals surface area contributed by atoms with Crippen LogP contribution >= 0.6 is 15.9 Å². The fraction of sp³-hybridized carbons (Fsp3) is 0.333. The molecule has 0 saturated carbocycles. The molecule has 0 fully saturated rings. The maximum atomic E-state index is 13.0. The van der Waals surface area contributed by atoms with Gasteiger partial charge in [0.25, 0.3) is 0 Å². The number of ether oxygens (including phenoxy) is 2. The summed E-state index contributed by atoms with van der Waals surface area (Å²) in [6.07, 6.45) is 0.566. The average Bonchev–Trinajstić information content (AvgIpc) is 2.98. The number of aryl methyl sites for hydroxylation is 1. The third-order valence-electron chi connectivity index (χ3n) is 4.56. The second-order valence-corrected chi connectivity index (χ2v) is 9.19. The molecule has 3 aromatic rings. The van der Waals surface area contributed by atoms with Crippen LogP contribution < -0.4 is 14.2 Å². The van der Waals surface area contributed by atoms with Crippen molar-refractivity contribution in [2.75, 3.05) is 19.8 Å². The van der Waals surface area contributed by atoms with Crippen LogP contribution in [0.25, 0.3) is 10.9 Å². The Morgan fingerprint density at radius 1 is 1.07 bits per heavy atom. The number of sulfonamides is 1. The standard InChI is InChI=1S/C21H25BrN2O4S/c1-4-27-16-7-9-20(28-5-2)21(13-16)29(25,26)23-11-10-17-14(3)24-19-8-6-15(22)12-18(17)19/h6-9,12-13,23-24H,4-5,10-11H2,1-3H3. The third-order valence-corrected chi connectivity index (χ3v) is 6.54. The molecule has 0 unspecified atom stereocenters. The maximum absolute atomic E-state index is 13.0. The van der Waals surface area contributed by atoms with Crippen molar-refractivity contribution in [2.45, 2.75) is 32.1 Å². The Morgan fingerprint density at radius 3 is 2.55 bits per heavy atom. The molecule has 0 radical (unpaired) electrons. The predicted octanol–water partition coefficient (Wildman–Crippen LogP) is 4.56. The summed E-state index contributed by atoms with van der Waals surface area (Å²) >= 11 is 3.50. The van der Waals surface area contributed by atoms with Crippen LogP contribution in [0.1, 0.15) is 25.1 Å². The first kappa shape index (κ1) is 21.7. The molecule has 0 spiro atoms. The SMILES string of the molecule is CCOc1ccc(OCC)c(S(=O)(=O)NCCc2c(C)[nH]c3ccc(Br)cc23)c1. The zero-order valence-corrected chi connectivity index (χ0v) is 19.1. The summed E-state index contributed by atoms with van der Waals surface area (Å²) in [4.78, 5) is 3.43. The van der Waals surface area contributed by atoms with Gasteiger partial charge in [0.1, 0.15) is 16.4 Å². The van der Waals surface area contributed by atoms with Crippen molar-refractivity contribution < 1.29 is 17.9 Å². The molecule has 6 nitrogen and oxygen atoms in total. The summed E-state index contributed by atoms with van der Waals surface area (Å²) in [6.45, 7) is 6.77. The summed E-state index contributed by atoms with van der Waals surface area (Å²) in [5.74, 6) is 0.810. The van der Waals surface area contributed by atoms with Crippen LogP contribution in [-0.4, -0.2) is 33.2 Å². The zero-order chi connectivity index (χ0) is 21.0. The van der Waals surface area contributed by atoms with E-state index < -0.39 is 10.0 Å². The summed E-state index contributed by atoms with van der Waals surface area (Å²) in [5, 5.41) is 1.09. The van der Waals surface area contributed by atoms with Gasteiger partial charge in [0, 0.05) is 33.7 Å². The molecule has 0 amide bonds. The molecular formula is C21H25BrN2O4S. The number of hydrogen-bond acceptors (Lipinski definition) is 4. The van der Waals surface area contributed by atoms with Gasteiger partial charge in [0.05, 0.1) is 13.2 Å². The van der Waals surface area contributed by atoms with Gasteiger partial charge in [0.2, 0.25) is 10.0 Å². The number of benzene rings is 2. The van der Waals surface area contributed by atoms with E-state index in [1.165, 1.54) is 6.07 Å². The second kappa shape index (κ2) is 9.19. The summed E-state index contributed by atoms with van der Waals surface area (Å²) in [7, 11) is -3.76. The van der Waals surface area contributed by atoms with Crippen LogP contribution in [0.4, 0.5) is 0 Å². The lowest BCUT2D eigenvalue weighted by atomic mass is 10.1. The van der Waals surface area contributed by atoms with E-state index in [1.807, 2.05) is 39.0 Å². The lowest BCUT2D eigenvalue weighted by Gasteiger charge is -2.14. The normalized spacial score (nSPS) is 11.7. The van der Waals surface area contributed by atoms with Crippen LogP contribution in [0.2, 0.25) is 0 Å². The van der Waals surface area contributed by atoms with Gasteiger partial charge in [0.15, 0.2) is 0 Å². The molecule has 0 saturated heterocycles. The summed E-state index contributed by atoms with van der Waals surface area (Å²) in [5.41, 5.74) is 3.16. The number of halogens is 1. The Hall–Kier alpha value is -2.03. The minimum atomic E-state index is -3.76. The van der Waals surface area contributed by atoms with E-state index in [1.54, 1.807) is 12.1 Å². The van der Waals surface area contributed by atoms with Crippen molar-refractivity contribution >= 4 is 36.9 Å². The number of nitrogens with one attached hydrogen (secondary N) is 2. The smallest absolute Gasteiger partial charge is 0.244 e. The van der Waals surface area contributed by atoms with Gasteiger partial charge in [-0.2, -0.15) is 0 Å². The number of H-pyrrole nitrogens is 1. The topological polar surface area (TPSA) is 80.4 Å². The van der Waals surface area contributed by atoms with Gasteiger partial charge < -0.3 is 14.5 Å². The molecule has 2 N–H and O–H groups in total. The average molecular weight is 481 g/mol. The molecule has 3 rings (SSSR count). The van der Waals surface area contributed by atoms with Crippen LogP contribution in [0.15, 0.2) is 45.8 Å². The Morgan fingerprint density at radius 2 is 1.83 bits per heavy atom. The fourth-order valence-corrected chi connectivity index (χ4v) is 4.85. The predicted molar refractivity (Wildman–Crippen MR) is 118 cm³/mol. The highest BCUT2D eigenvalue weighted by Crippen LogP contribution is 2.29. The van der Waals surface area contributed by atoms with Crippen LogP contribution in [0, 0.1) is 6.92 Å². The molecule has 0 aliphatic carbocycles. The van der Waals surface area contributed by atoms with Crippen molar-refractivity contribution in [1.29, 1.82) is 0 Å². The van der Waals surface area contributed by atoms with E-state index in [-0.39, 0.29) is 11.4 Å². The lowest BCUT2D eigenvalue weighted by molar-refractivity contribution is 0.322. The lowest BCUT2D eigenvalue weighted by Crippen LogP contribution is -2.26. The van der Waals surface area contributed by atoms with E-state index in [0.29, 0.717) is 31.1 Å². The first-order chi connectivity index (χ1) is 13.9. The summed E-state index contributed by atoms with van der Waals surface area (Å²) in [6, 6.07) is 10.9. The number of fused-ring (bicyclic) bond motifs is 1. The fourth-order valence-electron chi connectivity index (χ4n) is 3.29. The quantitative estimate of drug-likeness (QED) is 0.470. The molecule has 8 heteroatoms. The highest BCUT2D eigenvalue weighted by Gasteiger charge is 2.21. The number of aromatic amines is 1. The van der Waals surface area contributed by atoms with E-state index in [2.05, 4.69) is 25.6 Å². The minimum absolute atomic E-state index is 0.0868. The molecule has 0 atom stereocenters. The highest BCUT2D eigenvalue weighted by molar-refractivity contribution is 9.10. The Bertz CT molecular complexity index is 1110. The number of aromatic nitrogens is 1. The van der Waals surface area contributed by atoms with Crippen molar-refractivity contribution in [3.05, 3.63) is 52.1 Å². The van der Waals surface area contributed by atoms with Gasteiger partial charge in [-0.25, -0.2) is 13.1 Å². The number of rotatable bonds is 9. The first-order valence-electron chi connectivity index (χ1n) is 9.51. The van der Waals surface area contributed by atoms with Crippen molar-refractivity contribution in [1.82, 2.24) is 9.71 Å². The molecular weight excluding hydrogens is 456 g/mol. The molecule has 1 heterocycles. The first-order valence-corrected chi connectivity index (χ1v) is 11.8. The van der Waals surface area contributed by atoms with Crippen LogP contribution in [-0.2, 0) is 16.4 Å². The zero-order valence-electron chi connectivity index (χ0n) is 16.7. The Balaban J connectivity index is 1.81. The van der Waals surface area contributed by atoms with E-state index in [4.69, 9.17) is 9.47 Å². The highest BCUT2D eigenvalue weighted by atomic mass is 79.9. The molecule has 0 aliphatic heterocycles. The Kier molecular flexibility index (Phi) is 6.87. The van der Waals surface area contributed by atoms with Crippen molar-refractivity contribution in [3.8, 4) is 11.5 Å². The van der Waals surface area contributed by atoms with Crippen LogP contribution in [0.5, 0.6) is 11.5 Å². The molecule has 156 valence electrons. The molecule has 29 heavy (non-hydrogen) atoms. The minimum Gasteiger partial charge on any atom is -0.494 e. The maximum Gasteiger partial charge on any atom is 0.244 e. The van der Waals surface area contributed by atoms with E-state index >= 15 is 0 Å². The van der Waals surface area contributed by atoms with Crippen molar-refractivity contribution in [2.24, 2.45) is 0 Å². The van der Waals surface area contributed by atoms with E-state index in [9.17, 15) is 8.42 Å². The second-order valence-electron chi connectivity index (χ2n) is 6.54. The Labute approximate surface area is 179 Å². The van der Waals surface area contributed by atoms with Gasteiger partial charge in [-0.05, 0) is 63.1 Å². The molecule has 0 bridgehead atoms. The van der Waals surface area contributed by atoms with Crippen LogP contribution in [0.3, 0.4) is 0 Å². The van der Waals surface area contributed by atoms with Gasteiger partial charge in [-0.15, -0.1) is 0 Å². The van der Waals surface area contributed by atoms with Gasteiger partial charge >= 0.3 is 0 Å². The van der Waals surface area contributed by atoms with Crippen molar-refractivity contribution in [3.63, 3.8) is 0 Å². The van der Waals surface area contributed by atoms with Gasteiger partial charge in [-0.1, -0.05) is 15.9 Å². The third kappa shape index (κ3) is 4.94. The largest absolute Gasteiger partial charge is 0.494 e. The number of hydrogen-bond donors (Lipinski definition) is 2. The van der Waals surface area contributed by atoms with E-state index in [0.717, 1.165) is 26.6 Å². The monoisotopic (exact) mass is 480 g/mol. The molecule has 1 aromatic heterocycles.